The van der Waals surface area contributed by atoms with Gasteiger partial charge >= 0.3 is 0 Å². The number of H-pyrrole nitrogens is 1. The van der Waals surface area contributed by atoms with Crippen LogP contribution < -0.4 is 4.90 Å². The molecule has 1 aliphatic rings. The Bertz CT molecular complexity index is 623. The molecule has 1 saturated heterocycles. The molecule has 2 heterocycles. The Balaban J connectivity index is 1.94. The quantitative estimate of drug-likeness (QED) is 0.837. The van der Waals surface area contributed by atoms with Gasteiger partial charge in [0.25, 0.3) is 0 Å². The van der Waals surface area contributed by atoms with Crippen molar-refractivity contribution in [2.45, 2.75) is 19.4 Å². The minimum absolute atomic E-state index is 0.0594. The predicted molar refractivity (Wildman–Crippen MR) is 69.5 cm³/mol. The van der Waals surface area contributed by atoms with Crippen LogP contribution in [0.5, 0.6) is 0 Å². The number of aliphatic hydroxyl groups is 1. The summed E-state index contributed by atoms with van der Waals surface area (Å²) in [5.74, 6) is 1.29. The molecule has 1 fully saturated rings. The normalized spacial score (nSPS) is 19.2. The number of nitrogens with one attached hydrogen (secondary N) is 1. The van der Waals surface area contributed by atoms with E-state index in [0.29, 0.717) is 12.4 Å². The van der Waals surface area contributed by atoms with Crippen molar-refractivity contribution in [3.63, 3.8) is 0 Å². The Morgan fingerprint density at radius 3 is 2.95 bits per heavy atom. The van der Waals surface area contributed by atoms with Crippen molar-refractivity contribution < 1.29 is 9.90 Å². The van der Waals surface area contributed by atoms with E-state index >= 15 is 0 Å². The second kappa shape index (κ2) is 4.47. The molecule has 0 spiro atoms. The number of carbonyl (C=O) groups is 1. The van der Waals surface area contributed by atoms with Gasteiger partial charge in [-0.25, -0.2) is 4.98 Å². The number of rotatable bonds is 2. The van der Waals surface area contributed by atoms with Crippen molar-refractivity contribution >= 4 is 11.6 Å². The van der Waals surface area contributed by atoms with Crippen molar-refractivity contribution in [2.75, 3.05) is 11.4 Å². The van der Waals surface area contributed by atoms with Crippen molar-refractivity contribution in [3.05, 3.63) is 30.1 Å². The van der Waals surface area contributed by atoms with E-state index in [9.17, 15) is 9.90 Å². The highest BCUT2D eigenvalue weighted by molar-refractivity contribution is 5.96. The van der Waals surface area contributed by atoms with Gasteiger partial charge in [0.05, 0.1) is 19.1 Å². The summed E-state index contributed by atoms with van der Waals surface area (Å²) < 4.78 is 0. The first kappa shape index (κ1) is 11.9. The summed E-state index contributed by atoms with van der Waals surface area (Å²) >= 11 is 0. The van der Waals surface area contributed by atoms with Gasteiger partial charge in [0.2, 0.25) is 5.91 Å². The fourth-order valence-corrected chi connectivity index (χ4v) is 2.22. The van der Waals surface area contributed by atoms with Crippen LogP contribution in [0.15, 0.2) is 24.3 Å². The van der Waals surface area contributed by atoms with Gasteiger partial charge in [-0.15, -0.1) is 0 Å². The van der Waals surface area contributed by atoms with E-state index in [1.54, 1.807) is 4.90 Å². The molecule has 0 aliphatic carbocycles. The summed E-state index contributed by atoms with van der Waals surface area (Å²) in [7, 11) is 0. The Morgan fingerprint density at radius 1 is 1.47 bits per heavy atom. The maximum atomic E-state index is 11.8. The van der Waals surface area contributed by atoms with Crippen molar-refractivity contribution in [2.24, 2.45) is 0 Å². The van der Waals surface area contributed by atoms with E-state index in [1.165, 1.54) is 0 Å². The lowest BCUT2D eigenvalue weighted by Crippen LogP contribution is -2.25. The highest BCUT2D eigenvalue weighted by Crippen LogP contribution is 2.25. The van der Waals surface area contributed by atoms with E-state index in [0.717, 1.165) is 17.1 Å². The van der Waals surface area contributed by atoms with Crippen LogP contribution in [-0.2, 0) is 4.79 Å². The third kappa shape index (κ3) is 2.22. The van der Waals surface area contributed by atoms with E-state index in [1.807, 2.05) is 31.2 Å². The minimum Gasteiger partial charge on any atom is -0.391 e. The average molecular weight is 258 g/mol. The van der Waals surface area contributed by atoms with Crippen LogP contribution in [0.1, 0.15) is 12.2 Å². The molecule has 19 heavy (non-hydrogen) atoms. The molecular formula is C13H14N4O2. The first-order chi connectivity index (χ1) is 9.13. The lowest BCUT2D eigenvalue weighted by Gasteiger charge is -2.16. The summed E-state index contributed by atoms with van der Waals surface area (Å²) in [4.78, 5) is 17.6. The van der Waals surface area contributed by atoms with Crippen LogP contribution in [-0.4, -0.2) is 38.8 Å². The molecule has 6 heteroatoms. The fourth-order valence-electron chi connectivity index (χ4n) is 2.22. The monoisotopic (exact) mass is 258 g/mol. The van der Waals surface area contributed by atoms with Gasteiger partial charge in [-0.1, -0.05) is 12.1 Å². The molecule has 2 aromatic rings. The molecule has 1 unspecified atom stereocenters. The Kier molecular flexibility index (Phi) is 2.79. The fraction of sp³-hybridized carbons (Fsp3) is 0.308. The molecule has 1 aromatic carbocycles. The van der Waals surface area contributed by atoms with Crippen LogP contribution in [0.3, 0.4) is 0 Å². The third-order valence-electron chi connectivity index (χ3n) is 3.12. The highest BCUT2D eigenvalue weighted by Gasteiger charge is 2.29. The molecule has 1 amide bonds. The van der Waals surface area contributed by atoms with Gasteiger partial charge in [0.1, 0.15) is 5.82 Å². The number of aromatic nitrogens is 3. The van der Waals surface area contributed by atoms with Gasteiger partial charge in [-0.2, -0.15) is 5.10 Å². The molecule has 1 aliphatic heterocycles. The second-order valence-corrected chi connectivity index (χ2v) is 4.66. The molecule has 0 saturated carbocycles. The molecular weight excluding hydrogens is 244 g/mol. The number of aliphatic hydroxyl groups excluding tert-OH is 1. The summed E-state index contributed by atoms with van der Waals surface area (Å²) in [6.07, 6.45) is -0.397. The Labute approximate surface area is 110 Å². The van der Waals surface area contributed by atoms with Gasteiger partial charge < -0.3 is 10.0 Å². The van der Waals surface area contributed by atoms with Crippen LogP contribution in [0.2, 0.25) is 0 Å². The Morgan fingerprint density at radius 2 is 2.32 bits per heavy atom. The van der Waals surface area contributed by atoms with Gasteiger partial charge in [-0.3, -0.25) is 9.89 Å². The van der Waals surface area contributed by atoms with Gasteiger partial charge in [0, 0.05) is 11.3 Å². The number of nitrogens with zero attached hydrogens (tertiary/aromatic N) is 3. The molecule has 3 rings (SSSR count). The molecule has 6 nitrogen and oxygen atoms in total. The first-order valence-electron chi connectivity index (χ1n) is 6.11. The number of β-amino-alcohol motifs (C(OH)–C–C–N with tert-alkyl or cyclic N) is 1. The zero-order valence-corrected chi connectivity index (χ0v) is 10.5. The lowest BCUT2D eigenvalue weighted by molar-refractivity contribution is -0.117. The van der Waals surface area contributed by atoms with E-state index in [2.05, 4.69) is 15.2 Å². The predicted octanol–water partition coefficient (Wildman–Crippen LogP) is 0.878. The number of anilines is 1. The minimum atomic E-state index is -0.582. The van der Waals surface area contributed by atoms with Crippen molar-refractivity contribution in [1.82, 2.24) is 15.2 Å². The van der Waals surface area contributed by atoms with Crippen LogP contribution in [0.4, 0.5) is 5.69 Å². The van der Waals surface area contributed by atoms with Crippen molar-refractivity contribution in [1.29, 1.82) is 0 Å². The third-order valence-corrected chi connectivity index (χ3v) is 3.12. The average Bonchev–Trinajstić information content (AvgIpc) is 2.96. The molecule has 1 atom stereocenters. The number of carbonyl (C=O) groups excluding carboxylic acids is 1. The number of hydrogen-bond acceptors (Lipinski definition) is 4. The summed E-state index contributed by atoms with van der Waals surface area (Å²) in [5.41, 5.74) is 1.61. The topological polar surface area (TPSA) is 82.1 Å². The maximum absolute atomic E-state index is 11.8. The first-order valence-corrected chi connectivity index (χ1v) is 6.11. The summed E-state index contributed by atoms with van der Waals surface area (Å²) in [6.45, 7) is 2.18. The van der Waals surface area contributed by atoms with Crippen LogP contribution in [0, 0.1) is 6.92 Å². The summed E-state index contributed by atoms with van der Waals surface area (Å²) in [6, 6.07) is 7.45. The number of hydrogen-bond donors (Lipinski definition) is 2. The second-order valence-electron chi connectivity index (χ2n) is 4.66. The molecule has 1 aromatic heterocycles. The summed E-state index contributed by atoms with van der Waals surface area (Å²) in [5, 5.41) is 16.4. The van der Waals surface area contributed by atoms with Gasteiger partial charge in [-0.05, 0) is 19.1 Å². The number of amides is 1. The number of benzene rings is 1. The van der Waals surface area contributed by atoms with Gasteiger partial charge in [0.15, 0.2) is 5.82 Å². The van der Waals surface area contributed by atoms with E-state index < -0.39 is 6.10 Å². The van der Waals surface area contributed by atoms with E-state index in [4.69, 9.17) is 0 Å². The molecule has 0 bridgehead atoms. The molecule has 98 valence electrons. The maximum Gasteiger partial charge on any atom is 0.229 e. The zero-order chi connectivity index (χ0) is 13.4. The molecule has 0 radical (unpaired) electrons. The SMILES string of the molecule is Cc1nc(-c2cccc(N3CC(O)CC3=O)c2)n[nH]1. The van der Waals surface area contributed by atoms with Crippen LogP contribution in [0.25, 0.3) is 11.4 Å². The highest BCUT2D eigenvalue weighted by atomic mass is 16.3. The lowest BCUT2D eigenvalue weighted by atomic mass is 10.2. The standard InChI is InChI=1S/C13H14N4O2/c1-8-14-13(16-15-8)9-3-2-4-10(5-9)17-7-11(18)6-12(17)19/h2-5,11,18H,6-7H2,1H3,(H,14,15,16). The molecule has 2 N–H and O–H groups in total. The number of aryl methyl sites for hydroxylation is 1. The largest absolute Gasteiger partial charge is 0.391 e. The van der Waals surface area contributed by atoms with E-state index in [-0.39, 0.29) is 12.3 Å². The zero-order valence-electron chi connectivity index (χ0n) is 10.5. The Hall–Kier alpha value is -2.21. The smallest absolute Gasteiger partial charge is 0.229 e. The number of aromatic amines is 1. The van der Waals surface area contributed by atoms with Crippen LogP contribution >= 0.6 is 0 Å². The van der Waals surface area contributed by atoms with Crippen molar-refractivity contribution in [3.8, 4) is 11.4 Å².